The number of carboxylic acids is 1. The zero-order valence-corrected chi connectivity index (χ0v) is 29.7. The number of fused-ring (bicyclic) bond motifs is 4. The van der Waals surface area contributed by atoms with Gasteiger partial charge < -0.3 is 10.2 Å². The van der Waals surface area contributed by atoms with Gasteiger partial charge in [0.2, 0.25) is 11.8 Å². The minimum atomic E-state index is -4.78. The lowest BCUT2D eigenvalue weighted by atomic mass is 9.49. The molecule has 0 spiro atoms. The van der Waals surface area contributed by atoms with Crippen LogP contribution in [0, 0.1) is 23.7 Å². The molecule has 3 heterocycles. The number of pyridine rings is 1. The zero-order valence-electron chi connectivity index (χ0n) is 28.1. The monoisotopic (exact) mass is 782 g/mol. The molecule has 3 N–H and O–H groups in total. The van der Waals surface area contributed by atoms with E-state index in [1.165, 1.54) is 12.1 Å². The van der Waals surface area contributed by atoms with Gasteiger partial charge in [-0.1, -0.05) is 71.3 Å². The van der Waals surface area contributed by atoms with E-state index >= 15 is 4.79 Å². The summed E-state index contributed by atoms with van der Waals surface area (Å²) in [5.41, 5.74) is 1.11. The van der Waals surface area contributed by atoms with Crippen molar-refractivity contribution in [3.05, 3.63) is 111 Å². The summed E-state index contributed by atoms with van der Waals surface area (Å²) in [4.78, 5) is 73.8. The van der Waals surface area contributed by atoms with E-state index in [-0.39, 0.29) is 37.1 Å². The van der Waals surface area contributed by atoms with Crippen molar-refractivity contribution in [2.75, 3.05) is 12.0 Å². The van der Waals surface area contributed by atoms with Crippen LogP contribution in [0.1, 0.15) is 47.4 Å². The number of alkyl halides is 3. The van der Waals surface area contributed by atoms with E-state index in [1.807, 2.05) is 0 Å². The molecule has 0 radical (unpaired) electrons. The standard InChI is InChI=1S/C38H31Cl2F3N4O7/c1-2-4-18-5-3-6-24(31(18)50)30-22-11-12-23-29(35(53)46(33(23)51)14-13-28(48)49)25(22)16-26-34(52)47(36(54)37(26,30)19-7-9-21(39)10-8-19)45-32-27(40)15-20(17-44-32)38(41,42)43/h2-3,5-11,15,17,23,25-26,29-30,50H,1,4,12-14,16H2,(H,44,45)(H,48,49)/t23-,25+,26-,29-,30+,37+/m0/s1. The number of para-hydroxylation sites is 1. The highest BCUT2D eigenvalue weighted by Crippen LogP contribution is 2.65. The van der Waals surface area contributed by atoms with E-state index in [1.54, 1.807) is 42.5 Å². The van der Waals surface area contributed by atoms with Crippen LogP contribution in [0.3, 0.4) is 0 Å². The summed E-state index contributed by atoms with van der Waals surface area (Å²) in [6, 6.07) is 11.8. The average molecular weight is 784 g/mol. The molecular formula is C38H31Cl2F3N4O7. The predicted molar refractivity (Wildman–Crippen MR) is 188 cm³/mol. The van der Waals surface area contributed by atoms with Gasteiger partial charge in [0.05, 0.1) is 40.2 Å². The predicted octanol–water partition coefficient (Wildman–Crippen LogP) is 6.30. The van der Waals surface area contributed by atoms with Gasteiger partial charge in [0, 0.05) is 29.2 Å². The van der Waals surface area contributed by atoms with Crippen LogP contribution < -0.4 is 5.43 Å². The fraction of sp³-hybridized carbons (Fsp3) is 0.316. The number of rotatable bonds is 9. The second-order valence-corrected chi connectivity index (χ2v) is 14.6. The molecule has 7 rings (SSSR count). The van der Waals surface area contributed by atoms with Crippen molar-refractivity contribution in [2.24, 2.45) is 23.7 Å². The number of carbonyl (C=O) groups excluding carboxylic acids is 4. The highest BCUT2D eigenvalue weighted by molar-refractivity contribution is 6.33. The number of carboxylic acid groups (broad SMARTS) is 1. The number of nitrogens with one attached hydrogen (secondary N) is 1. The summed E-state index contributed by atoms with van der Waals surface area (Å²) in [5, 5.41) is 21.6. The first kappa shape index (κ1) is 37.1. The van der Waals surface area contributed by atoms with E-state index in [2.05, 4.69) is 17.0 Å². The fourth-order valence-corrected chi connectivity index (χ4v) is 9.12. The molecule has 11 nitrogen and oxygen atoms in total. The number of nitrogens with zero attached hydrogens (tertiary/aromatic N) is 3. The summed E-state index contributed by atoms with van der Waals surface area (Å²) in [6.45, 7) is 3.43. The van der Waals surface area contributed by atoms with Crippen molar-refractivity contribution in [3.8, 4) is 5.75 Å². The quantitative estimate of drug-likeness (QED) is 0.167. The van der Waals surface area contributed by atoms with Crippen LogP contribution in [0.25, 0.3) is 0 Å². The van der Waals surface area contributed by atoms with Gasteiger partial charge in [-0.2, -0.15) is 18.2 Å². The highest BCUT2D eigenvalue weighted by Gasteiger charge is 2.70. The Hall–Kier alpha value is -5.21. The molecular weight excluding hydrogens is 752 g/mol. The Morgan fingerprint density at radius 3 is 2.43 bits per heavy atom. The molecule has 3 aromatic rings. The van der Waals surface area contributed by atoms with Gasteiger partial charge in [-0.15, -0.1) is 6.58 Å². The van der Waals surface area contributed by atoms with Crippen molar-refractivity contribution in [1.29, 1.82) is 0 Å². The number of imide groups is 2. The number of allylic oxidation sites excluding steroid dienone is 3. The Morgan fingerprint density at radius 1 is 1.06 bits per heavy atom. The smallest absolute Gasteiger partial charge is 0.417 e. The molecule has 2 aliphatic carbocycles. The molecule has 2 aromatic carbocycles. The highest BCUT2D eigenvalue weighted by atomic mass is 35.5. The number of hydrazine groups is 1. The molecule has 4 amide bonds. The maximum absolute atomic E-state index is 15.3. The van der Waals surface area contributed by atoms with Crippen LogP contribution in [-0.2, 0) is 42.0 Å². The molecule has 16 heteroatoms. The van der Waals surface area contributed by atoms with Crippen LogP contribution in [0.2, 0.25) is 10.0 Å². The van der Waals surface area contributed by atoms with Crippen molar-refractivity contribution in [1.82, 2.24) is 14.9 Å². The largest absolute Gasteiger partial charge is 0.507 e. The normalized spacial score (nSPS) is 26.3. The minimum Gasteiger partial charge on any atom is -0.507 e. The molecule has 4 aliphatic rings. The molecule has 6 atom stereocenters. The van der Waals surface area contributed by atoms with Crippen LogP contribution in [-0.4, -0.2) is 61.2 Å². The number of halogens is 5. The number of hydrogen-bond acceptors (Lipinski definition) is 8. The summed E-state index contributed by atoms with van der Waals surface area (Å²) < 4.78 is 40.4. The van der Waals surface area contributed by atoms with Crippen molar-refractivity contribution >= 4 is 58.6 Å². The van der Waals surface area contributed by atoms with Gasteiger partial charge in [-0.05, 0) is 54.5 Å². The van der Waals surface area contributed by atoms with Crippen molar-refractivity contribution < 1.29 is 47.4 Å². The van der Waals surface area contributed by atoms with Crippen LogP contribution in [0.5, 0.6) is 5.75 Å². The van der Waals surface area contributed by atoms with Gasteiger partial charge >= 0.3 is 12.1 Å². The summed E-state index contributed by atoms with van der Waals surface area (Å²) >= 11 is 12.5. The number of amides is 4. The summed E-state index contributed by atoms with van der Waals surface area (Å²) in [5.74, 6) is -9.70. The molecule has 54 heavy (non-hydrogen) atoms. The van der Waals surface area contributed by atoms with E-state index in [4.69, 9.17) is 23.2 Å². The SMILES string of the molecule is C=CCc1cccc([C@H]2C3=CC[C@@H]4C(=O)N(CCC(=O)O)C(=O)[C@@H]4[C@@H]3C[C@H]3C(=O)N(Nc4ncc(C(F)(F)F)cc4Cl)C(=O)[C@@]23c2ccc(Cl)cc2)c1O. The Balaban J connectivity index is 1.44. The Morgan fingerprint density at radius 2 is 1.78 bits per heavy atom. The first-order valence-corrected chi connectivity index (χ1v) is 17.7. The number of carbonyl (C=O) groups is 5. The maximum Gasteiger partial charge on any atom is 0.417 e. The third-order valence-corrected chi connectivity index (χ3v) is 11.6. The van der Waals surface area contributed by atoms with Gasteiger partial charge in [0.1, 0.15) is 5.75 Å². The fourth-order valence-electron chi connectivity index (χ4n) is 8.78. The van der Waals surface area contributed by atoms with Gasteiger partial charge in [0.15, 0.2) is 5.82 Å². The molecule has 3 fully saturated rings. The van der Waals surface area contributed by atoms with E-state index < -0.39 is 93.6 Å². The van der Waals surface area contributed by atoms with Crippen LogP contribution >= 0.6 is 23.2 Å². The molecule has 0 unspecified atom stereocenters. The second-order valence-electron chi connectivity index (χ2n) is 13.7. The van der Waals surface area contributed by atoms with Crippen LogP contribution in [0.15, 0.2) is 79.0 Å². The lowest BCUT2D eigenvalue weighted by molar-refractivity contribution is -0.143. The number of phenolic OH excluding ortho intramolecular Hbond substituents is 1. The number of likely N-dealkylation sites (tertiary alicyclic amines) is 1. The molecule has 2 saturated heterocycles. The van der Waals surface area contributed by atoms with Crippen LogP contribution in [0.4, 0.5) is 19.0 Å². The number of benzene rings is 2. The van der Waals surface area contributed by atoms with E-state index in [9.17, 15) is 42.6 Å². The number of anilines is 1. The Kier molecular flexibility index (Phi) is 9.33. The number of aromatic nitrogens is 1. The molecule has 1 saturated carbocycles. The van der Waals surface area contributed by atoms with E-state index in [0.717, 1.165) is 4.90 Å². The van der Waals surface area contributed by atoms with Crippen molar-refractivity contribution in [3.63, 3.8) is 0 Å². The lowest BCUT2D eigenvalue weighted by Gasteiger charge is -2.50. The summed E-state index contributed by atoms with van der Waals surface area (Å²) in [6.07, 6.45) is -1.24. The first-order chi connectivity index (χ1) is 25.6. The third kappa shape index (κ3) is 5.74. The molecule has 1 aromatic heterocycles. The lowest BCUT2D eigenvalue weighted by Crippen LogP contribution is -2.53. The minimum absolute atomic E-state index is 0.0603. The zero-order chi connectivity index (χ0) is 38.9. The molecule has 2 aliphatic heterocycles. The number of phenols is 1. The van der Waals surface area contributed by atoms with E-state index in [0.29, 0.717) is 39.0 Å². The first-order valence-electron chi connectivity index (χ1n) is 16.9. The van der Waals surface area contributed by atoms with Gasteiger partial charge in [-0.25, -0.2) is 4.98 Å². The third-order valence-electron chi connectivity index (χ3n) is 11.0. The van der Waals surface area contributed by atoms with Gasteiger partial charge in [-0.3, -0.25) is 34.3 Å². The van der Waals surface area contributed by atoms with Gasteiger partial charge in [0.25, 0.3) is 11.8 Å². The molecule has 280 valence electrons. The number of aliphatic carboxylic acids is 1. The van der Waals surface area contributed by atoms with Crippen molar-refractivity contribution in [2.45, 2.75) is 43.2 Å². The number of hydrogen-bond donors (Lipinski definition) is 3. The average Bonchev–Trinajstić information content (AvgIpc) is 3.49. The molecule has 0 bridgehead atoms. The second kappa shape index (κ2) is 13.6. The summed E-state index contributed by atoms with van der Waals surface area (Å²) in [7, 11) is 0. The maximum atomic E-state index is 15.3. The topological polar surface area (TPSA) is 157 Å². The Bertz CT molecular complexity index is 2160. The Labute approximate surface area is 316 Å². The number of aromatic hydroxyl groups is 1.